The Morgan fingerprint density at radius 2 is 2.00 bits per heavy atom. The molecule has 0 amide bonds. The van der Waals surface area contributed by atoms with Crippen molar-refractivity contribution in [3.05, 3.63) is 48.1 Å². The lowest BCUT2D eigenvalue weighted by Crippen LogP contribution is -2.37. The molecule has 0 heterocycles. The number of aliphatic hydroxyl groups excluding tert-OH is 1. The molecule has 0 aromatic heterocycles. The third-order valence-corrected chi connectivity index (χ3v) is 5.86. The van der Waals surface area contributed by atoms with Crippen LogP contribution in [0.3, 0.4) is 0 Å². The molecule has 0 aromatic rings. The Bertz CT molecular complexity index is 456. The van der Waals surface area contributed by atoms with Crippen LogP contribution in [-0.4, -0.2) is 11.7 Å². The molecule has 3 aliphatic carbocycles. The highest BCUT2D eigenvalue weighted by Crippen LogP contribution is 2.56. The number of allylic oxidation sites excluding steroid dienone is 8. The molecular weight excluding hydrogens is 244 g/mol. The average Bonchev–Trinajstić information content (AvgIpc) is 3.15. The SMILES string of the molecule is CCC(CCO)(C1C=CC=C1)C1CCC2CC=CC=C21. The largest absolute Gasteiger partial charge is 0.396 e. The number of rotatable bonds is 5. The van der Waals surface area contributed by atoms with Crippen molar-refractivity contribution in [2.24, 2.45) is 23.2 Å². The summed E-state index contributed by atoms with van der Waals surface area (Å²) in [5, 5.41) is 9.67. The lowest BCUT2D eigenvalue weighted by atomic mass is 9.61. The van der Waals surface area contributed by atoms with Crippen LogP contribution in [0.4, 0.5) is 0 Å². The second-order valence-corrected chi connectivity index (χ2v) is 6.51. The number of hydrogen-bond donors (Lipinski definition) is 1. The molecule has 3 rings (SSSR count). The van der Waals surface area contributed by atoms with Gasteiger partial charge in [-0.1, -0.05) is 55.0 Å². The van der Waals surface area contributed by atoms with Crippen LogP contribution in [0.1, 0.15) is 39.0 Å². The summed E-state index contributed by atoms with van der Waals surface area (Å²) in [4.78, 5) is 0. The van der Waals surface area contributed by atoms with E-state index in [4.69, 9.17) is 0 Å². The minimum Gasteiger partial charge on any atom is -0.396 e. The summed E-state index contributed by atoms with van der Waals surface area (Å²) in [6.45, 7) is 2.61. The third kappa shape index (κ3) is 2.13. The zero-order valence-corrected chi connectivity index (χ0v) is 12.5. The molecule has 20 heavy (non-hydrogen) atoms. The average molecular weight is 270 g/mol. The van der Waals surface area contributed by atoms with Gasteiger partial charge >= 0.3 is 0 Å². The van der Waals surface area contributed by atoms with Gasteiger partial charge in [-0.05, 0) is 49.4 Å². The number of hydrogen-bond acceptors (Lipinski definition) is 1. The second-order valence-electron chi connectivity index (χ2n) is 6.51. The Hall–Kier alpha value is -1.08. The van der Waals surface area contributed by atoms with Gasteiger partial charge in [0.15, 0.2) is 0 Å². The number of fused-ring (bicyclic) bond motifs is 1. The smallest absolute Gasteiger partial charge is 0.0436 e. The molecule has 3 unspecified atom stereocenters. The van der Waals surface area contributed by atoms with Gasteiger partial charge in [-0.2, -0.15) is 0 Å². The second kappa shape index (κ2) is 5.73. The molecule has 0 aliphatic heterocycles. The quantitative estimate of drug-likeness (QED) is 0.784. The van der Waals surface area contributed by atoms with Gasteiger partial charge in [-0.15, -0.1) is 0 Å². The van der Waals surface area contributed by atoms with E-state index in [2.05, 4.69) is 49.5 Å². The van der Waals surface area contributed by atoms with Crippen LogP contribution in [0.15, 0.2) is 48.1 Å². The van der Waals surface area contributed by atoms with E-state index in [0.29, 0.717) is 18.4 Å². The van der Waals surface area contributed by atoms with Crippen molar-refractivity contribution in [3.8, 4) is 0 Å². The molecule has 1 saturated carbocycles. The first kappa shape index (κ1) is 13.9. The van der Waals surface area contributed by atoms with Crippen molar-refractivity contribution < 1.29 is 5.11 Å². The Morgan fingerprint density at radius 1 is 1.20 bits per heavy atom. The van der Waals surface area contributed by atoms with E-state index in [-0.39, 0.29) is 5.41 Å². The fraction of sp³-hybridized carbons (Fsp3) is 0.579. The molecule has 0 aromatic carbocycles. The van der Waals surface area contributed by atoms with Crippen molar-refractivity contribution in [2.75, 3.05) is 6.61 Å². The highest BCUT2D eigenvalue weighted by Gasteiger charge is 2.47. The summed E-state index contributed by atoms with van der Waals surface area (Å²) in [5.41, 5.74) is 1.88. The molecule has 1 fully saturated rings. The van der Waals surface area contributed by atoms with Crippen LogP contribution >= 0.6 is 0 Å². The molecule has 108 valence electrons. The van der Waals surface area contributed by atoms with E-state index < -0.39 is 0 Å². The summed E-state index contributed by atoms with van der Waals surface area (Å²) in [5.74, 6) is 1.91. The van der Waals surface area contributed by atoms with Crippen molar-refractivity contribution in [3.63, 3.8) is 0 Å². The maximum Gasteiger partial charge on any atom is 0.0436 e. The molecule has 0 bridgehead atoms. The molecule has 0 radical (unpaired) electrons. The van der Waals surface area contributed by atoms with E-state index in [1.54, 1.807) is 5.57 Å². The summed E-state index contributed by atoms with van der Waals surface area (Å²) in [6, 6.07) is 0. The molecule has 3 aliphatic rings. The molecule has 1 heteroatoms. The molecule has 1 nitrogen and oxygen atoms in total. The minimum atomic E-state index is 0.212. The van der Waals surface area contributed by atoms with Gasteiger partial charge in [0.2, 0.25) is 0 Å². The van der Waals surface area contributed by atoms with E-state index in [1.165, 1.54) is 19.3 Å². The maximum absolute atomic E-state index is 9.67. The Labute approximate surface area is 122 Å². The molecular formula is C19H26O. The molecule has 3 atom stereocenters. The van der Waals surface area contributed by atoms with E-state index >= 15 is 0 Å². The van der Waals surface area contributed by atoms with Gasteiger partial charge in [0.05, 0.1) is 0 Å². The summed E-state index contributed by atoms with van der Waals surface area (Å²) >= 11 is 0. The predicted molar refractivity (Wildman–Crippen MR) is 84.3 cm³/mol. The van der Waals surface area contributed by atoms with Gasteiger partial charge < -0.3 is 5.11 Å². The van der Waals surface area contributed by atoms with Gasteiger partial charge in [0.25, 0.3) is 0 Å². The molecule has 0 saturated heterocycles. The van der Waals surface area contributed by atoms with Crippen molar-refractivity contribution in [2.45, 2.75) is 39.0 Å². The van der Waals surface area contributed by atoms with Crippen molar-refractivity contribution in [1.29, 1.82) is 0 Å². The van der Waals surface area contributed by atoms with E-state index in [9.17, 15) is 5.11 Å². The first-order chi connectivity index (χ1) is 9.81. The Kier molecular flexibility index (Phi) is 3.98. The first-order valence-electron chi connectivity index (χ1n) is 8.14. The standard InChI is InChI=1S/C19H26O/c1-2-19(13-14-20,16-8-4-5-9-16)18-12-11-15-7-3-6-10-17(15)18/h3-6,8-10,15-16,18,20H,2,7,11-14H2,1H3. The Morgan fingerprint density at radius 3 is 2.70 bits per heavy atom. The van der Waals surface area contributed by atoms with Crippen LogP contribution in [0.25, 0.3) is 0 Å². The minimum absolute atomic E-state index is 0.212. The maximum atomic E-state index is 9.67. The van der Waals surface area contributed by atoms with Crippen LogP contribution in [0.5, 0.6) is 0 Å². The van der Waals surface area contributed by atoms with Gasteiger partial charge in [-0.25, -0.2) is 0 Å². The monoisotopic (exact) mass is 270 g/mol. The third-order valence-electron chi connectivity index (χ3n) is 5.86. The van der Waals surface area contributed by atoms with Crippen LogP contribution in [0.2, 0.25) is 0 Å². The number of aliphatic hydroxyl groups is 1. The molecule has 1 N–H and O–H groups in total. The first-order valence-corrected chi connectivity index (χ1v) is 8.14. The summed E-state index contributed by atoms with van der Waals surface area (Å²) < 4.78 is 0. The Balaban J connectivity index is 1.96. The fourth-order valence-corrected chi connectivity index (χ4v) is 4.79. The summed E-state index contributed by atoms with van der Waals surface area (Å²) in [6.07, 6.45) is 21.9. The van der Waals surface area contributed by atoms with E-state index in [0.717, 1.165) is 18.8 Å². The topological polar surface area (TPSA) is 20.2 Å². The highest BCUT2D eigenvalue weighted by molar-refractivity contribution is 5.31. The van der Waals surface area contributed by atoms with Crippen LogP contribution < -0.4 is 0 Å². The van der Waals surface area contributed by atoms with Gasteiger partial charge in [0, 0.05) is 12.5 Å². The van der Waals surface area contributed by atoms with Crippen LogP contribution in [0, 0.1) is 23.2 Å². The van der Waals surface area contributed by atoms with Crippen molar-refractivity contribution in [1.82, 2.24) is 0 Å². The van der Waals surface area contributed by atoms with Crippen LogP contribution in [-0.2, 0) is 0 Å². The lowest BCUT2D eigenvalue weighted by Gasteiger charge is -2.43. The van der Waals surface area contributed by atoms with E-state index in [1.807, 2.05) is 0 Å². The molecule has 0 spiro atoms. The normalized spacial score (nSPS) is 31.4. The highest BCUT2D eigenvalue weighted by atomic mass is 16.3. The fourth-order valence-electron chi connectivity index (χ4n) is 4.79. The zero-order valence-electron chi connectivity index (χ0n) is 12.5. The predicted octanol–water partition coefficient (Wildman–Crippen LogP) is 4.42. The van der Waals surface area contributed by atoms with Gasteiger partial charge in [-0.3, -0.25) is 0 Å². The summed E-state index contributed by atoms with van der Waals surface area (Å²) in [7, 11) is 0. The lowest BCUT2D eigenvalue weighted by molar-refractivity contribution is 0.0926. The zero-order chi connectivity index (χ0) is 14.0. The van der Waals surface area contributed by atoms with Gasteiger partial charge in [0.1, 0.15) is 0 Å². The van der Waals surface area contributed by atoms with Crippen molar-refractivity contribution >= 4 is 0 Å².